The lowest BCUT2D eigenvalue weighted by Crippen LogP contribution is -2.15. The predicted molar refractivity (Wildman–Crippen MR) is 95.5 cm³/mol. The highest BCUT2D eigenvalue weighted by atomic mass is 19.1. The molecule has 1 aromatic carbocycles. The van der Waals surface area contributed by atoms with Crippen molar-refractivity contribution in [2.24, 2.45) is 0 Å². The zero-order chi connectivity index (χ0) is 17.2. The number of alkyl halides is 1. The quantitative estimate of drug-likeness (QED) is 0.523. The van der Waals surface area contributed by atoms with Crippen molar-refractivity contribution in [1.82, 2.24) is 9.97 Å². The molecule has 2 rings (SSSR count). The highest BCUT2D eigenvalue weighted by molar-refractivity contribution is 5.82. The number of aromatic nitrogens is 2. The number of ether oxygens (including phenoxy) is 1. The Balaban J connectivity index is 2.09. The van der Waals surface area contributed by atoms with Gasteiger partial charge in [-0.1, -0.05) is 43.7 Å². The first kappa shape index (κ1) is 17.7. The van der Waals surface area contributed by atoms with Gasteiger partial charge in [0.1, 0.15) is 12.9 Å². The van der Waals surface area contributed by atoms with Crippen molar-refractivity contribution in [2.75, 3.05) is 6.61 Å². The Hall–Kier alpha value is -2.67. The number of allylic oxidation sites excluding steroid dienone is 3. The molecular weight excluding hydrogens is 303 g/mol. The zero-order valence-electron chi connectivity index (χ0n) is 13.8. The summed E-state index contributed by atoms with van der Waals surface area (Å²) in [6, 6.07) is 7.48. The van der Waals surface area contributed by atoms with Gasteiger partial charge in [-0.05, 0) is 24.1 Å². The number of benzene rings is 1. The highest BCUT2D eigenvalue weighted by Gasteiger charge is 2.13. The Morgan fingerprint density at radius 3 is 3.00 bits per heavy atom. The van der Waals surface area contributed by atoms with Gasteiger partial charge >= 0.3 is 0 Å². The summed E-state index contributed by atoms with van der Waals surface area (Å²) in [5.74, 6) is 2.89. The lowest BCUT2D eigenvalue weighted by atomic mass is 10.1. The van der Waals surface area contributed by atoms with E-state index in [0.29, 0.717) is 17.9 Å². The molecule has 0 amide bonds. The van der Waals surface area contributed by atoms with Crippen molar-refractivity contribution >= 4 is 10.9 Å². The second-order valence-electron chi connectivity index (χ2n) is 5.28. The first-order chi connectivity index (χ1) is 11.8. The summed E-state index contributed by atoms with van der Waals surface area (Å²) in [6.45, 7) is 1.96. The zero-order valence-corrected chi connectivity index (χ0v) is 13.8. The van der Waals surface area contributed by atoms with Crippen LogP contribution in [0, 0.1) is 12.3 Å². The van der Waals surface area contributed by atoms with E-state index in [-0.39, 0.29) is 6.61 Å². The topological polar surface area (TPSA) is 35.0 Å². The lowest BCUT2D eigenvalue weighted by molar-refractivity contribution is 0.218. The third kappa shape index (κ3) is 4.92. The molecule has 1 aromatic heterocycles. The van der Waals surface area contributed by atoms with Crippen LogP contribution in [0.2, 0.25) is 0 Å². The van der Waals surface area contributed by atoms with E-state index >= 15 is 0 Å². The normalized spacial score (nSPS) is 13.1. The molecule has 0 aliphatic rings. The first-order valence-electron chi connectivity index (χ1n) is 8.03. The Morgan fingerprint density at radius 1 is 1.38 bits per heavy atom. The van der Waals surface area contributed by atoms with Crippen molar-refractivity contribution < 1.29 is 9.13 Å². The van der Waals surface area contributed by atoms with Crippen LogP contribution in [0.1, 0.15) is 26.2 Å². The van der Waals surface area contributed by atoms with E-state index in [0.717, 1.165) is 23.7 Å². The van der Waals surface area contributed by atoms with Crippen LogP contribution in [0.3, 0.4) is 0 Å². The van der Waals surface area contributed by atoms with Crippen LogP contribution >= 0.6 is 0 Å². The Morgan fingerprint density at radius 2 is 2.21 bits per heavy atom. The number of nitrogens with zero attached hydrogens (tertiary/aromatic N) is 2. The van der Waals surface area contributed by atoms with Crippen LogP contribution in [-0.2, 0) is 0 Å². The van der Waals surface area contributed by atoms with E-state index < -0.39 is 6.17 Å². The number of hydrogen-bond donors (Lipinski definition) is 0. The number of para-hydroxylation sites is 1. The molecule has 0 saturated heterocycles. The fourth-order valence-corrected chi connectivity index (χ4v) is 2.21. The number of halogens is 1. The third-order valence-corrected chi connectivity index (χ3v) is 3.46. The Kier molecular flexibility index (Phi) is 6.97. The molecule has 0 aliphatic heterocycles. The molecule has 4 heteroatoms. The van der Waals surface area contributed by atoms with Crippen LogP contribution in [0.4, 0.5) is 4.39 Å². The average molecular weight is 324 g/mol. The number of rotatable bonds is 8. The average Bonchev–Trinajstić information content (AvgIpc) is 2.62. The second kappa shape index (κ2) is 9.46. The van der Waals surface area contributed by atoms with E-state index in [9.17, 15) is 4.39 Å². The van der Waals surface area contributed by atoms with E-state index in [1.165, 1.54) is 6.33 Å². The maximum absolute atomic E-state index is 14.5. The van der Waals surface area contributed by atoms with Gasteiger partial charge in [0.15, 0.2) is 6.17 Å². The van der Waals surface area contributed by atoms with E-state index in [1.54, 1.807) is 12.2 Å². The minimum absolute atomic E-state index is 0.117. The van der Waals surface area contributed by atoms with Gasteiger partial charge in [0.25, 0.3) is 0 Å². The van der Waals surface area contributed by atoms with Gasteiger partial charge in [0.2, 0.25) is 5.88 Å². The predicted octanol–water partition coefficient (Wildman–Crippen LogP) is 4.65. The molecule has 3 nitrogen and oxygen atoms in total. The number of fused-ring (bicyclic) bond motifs is 1. The maximum atomic E-state index is 14.5. The summed E-state index contributed by atoms with van der Waals surface area (Å²) in [6.07, 6.45) is 13.2. The van der Waals surface area contributed by atoms with Gasteiger partial charge in [-0.2, -0.15) is 0 Å². The molecule has 1 atom stereocenters. The van der Waals surface area contributed by atoms with Crippen LogP contribution in [-0.4, -0.2) is 22.7 Å². The van der Waals surface area contributed by atoms with Crippen molar-refractivity contribution in [3.63, 3.8) is 0 Å². The SMILES string of the molecule is C#CC/C=C(\C=C/CCC)C(F)COc1ncnc2ccccc12. The van der Waals surface area contributed by atoms with Crippen molar-refractivity contribution in [2.45, 2.75) is 32.4 Å². The molecule has 24 heavy (non-hydrogen) atoms. The molecule has 2 aromatic rings. The monoisotopic (exact) mass is 324 g/mol. The summed E-state index contributed by atoms with van der Waals surface area (Å²) < 4.78 is 20.1. The first-order valence-corrected chi connectivity index (χ1v) is 8.03. The second-order valence-corrected chi connectivity index (χ2v) is 5.28. The molecule has 0 radical (unpaired) electrons. The number of hydrogen-bond acceptors (Lipinski definition) is 3. The molecule has 1 heterocycles. The number of unbranched alkanes of at least 4 members (excludes halogenated alkanes) is 1. The molecular formula is C20H21FN2O. The summed E-state index contributed by atoms with van der Waals surface area (Å²) in [5.41, 5.74) is 1.31. The Bertz CT molecular complexity index is 756. The molecule has 0 spiro atoms. The molecule has 0 saturated carbocycles. The van der Waals surface area contributed by atoms with Gasteiger partial charge in [-0.15, -0.1) is 12.3 Å². The molecule has 124 valence electrons. The fourth-order valence-electron chi connectivity index (χ4n) is 2.21. The third-order valence-electron chi connectivity index (χ3n) is 3.46. The molecule has 0 aliphatic carbocycles. The van der Waals surface area contributed by atoms with Gasteiger partial charge in [-0.3, -0.25) is 0 Å². The smallest absolute Gasteiger partial charge is 0.224 e. The molecule has 0 fully saturated rings. The van der Waals surface area contributed by atoms with Crippen molar-refractivity contribution in [3.8, 4) is 18.2 Å². The van der Waals surface area contributed by atoms with Gasteiger partial charge in [0, 0.05) is 6.42 Å². The van der Waals surface area contributed by atoms with Crippen molar-refractivity contribution in [3.05, 3.63) is 54.4 Å². The van der Waals surface area contributed by atoms with Crippen LogP contribution < -0.4 is 4.74 Å². The van der Waals surface area contributed by atoms with E-state index in [2.05, 4.69) is 22.8 Å². The van der Waals surface area contributed by atoms with Crippen molar-refractivity contribution in [1.29, 1.82) is 0 Å². The van der Waals surface area contributed by atoms with Crippen LogP contribution in [0.25, 0.3) is 10.9 Å². The van der Waals surface area contributed by atoms with E-state index in [4.69, 9.17) is 11.2 Å². The van der Waals surface area contributed by atoms with E-state index in [1.807, 2.05) is 30.3 Å². The molecule has 0 N–H and O–H groups in total. The highest BCUT2D eigenvalue weighted by Crippen LogP contribution is 2.21. The van der Waals surface area contributed by atoms with Crippen LogP contribution in [0.5, 0.6) is 5.88 Å². The van der Waals surface area contributed by atoms with Gasteiger partial charge in [0.05, 0.1) is 10.9 Å². The fraction of sp³-hybridized carbons (Fsp3) is 0.300. The summed E-state index contributed by atoms with van der Waals surface area (Å²) in [5, 5.41) is 0.767. The largest absolute Gasteiger partial charge is 0.474 e. The summed E-state index contributed by atoms with van der Waals surface area (Å²) >= 11 is 0. The summed E-state index contributed by atoms with van der Waals surface area (Å²) in [4.78, 5) is 8.27. The standard InChI is InChI=1S/C20H21FN2O/c1-3-5-7-11-16(10-6-4-2)18(21)14-24-20-17-12-8-9-13-19(17)22-15-23-20/h2,7-13,15,18H,3,5-6,14H2,1H3/b11-7-,16-10+. The minimum Gasteiger partial charge on any atom is -0.474 e. The molecule has 0 bridgehead atoms. The van der Waals surface area contributed by atoms with Gasteiger partial charge < -0.3 is 4.74 Å². The number of terminal acetylenes is 1. The van der Waals surface area contributed by atoms with Gasteiger partial charge in [-0.25, -0.2) is 14.4 Å². The Labute approximate surface area is 142 Å². The van der Waals surface area contributed by atoms with Crippen LogP contribution in [0.15, 0.2) is 54.4 Å². The minimum atomic E-state index is -1.26. The molecule has 1 unspecified atom stereocenters. The maximum Gasteiger partial charge on any atom is 0.224 e. The lowest BCUT2D eigenvalue weighted by Gasteiger charge is -2.12. The summed E-state index contributed by atoms with van der Waals surface area (Å²) in [7, 11) is 0.